The third-order valence-corrected chi connectivity index (χ3v) is 5.51. The van der Waals surface area contributed by atoms with Crippen LogP contribution in [0.5, 0.6) is 0 Å². The Hall–Kier alpha value is -2.92. The van der Waals surface area contributed by atoms with Gasteiger partial charge in [-0.25, -0.2) is 4.79 Å². The van der Waals surface area contributed by atoms with Crippen molar-refractivity contribution >= 4 is 11.1 Å². The van der Waals surface area contributed by atoms with Crippen LogP contribution in [0.2, 0.25) is 0 Å². The molecule has 7 nitrogen and oxygen atoms in total. The van der Waals surface area contributed by atoms with Crippen molar-refractivity contribution in [2.45, 2.75) is 32.6 Å². The van der Waals surface area contributed by atoms with Crippen LogP contribution in [0, 0.1) is 17.2 Å². The molecule has 1 aliphatic heterocycles. The Labute approximate surface area is 195 Å². The van der Waals surface area contributed by atoms with Crippen molar-refractivity contribution in [3.63, 3.8) is 0 Å². The number of nitrogens with one attached hydrogen (secondary N) is 1. The third kappa shape index (κ3) is 7.86. The largest absolute Gasteiger partial charge is 0.419 e. The minimum Gasteiger partial charge on any atom is -0.408 e. The fourth-order valence-electron chi connectivity index (χ4n) is 3.72. The average Bonchev–Trinajstić information content (AvgIpc) is 3.01. The highest BCUT2D eigenvalue weighted by molar-refractivity contribution is 5.80. The molecule has 4 rings (SSSR count). The van der Waals surface area contributed by atoms with Gasteiger partial charge in [-0.15, -0.1) is 0 Å². The number of nitrogens with zero attached hydrogens (tertiary/aromatic N) is 2. The van der Waals surface area contributed by atoms with Gasteiger partial charge in [0.15, 0.2) is 5.58 Å². The Morgan fingerprint density at radius 1 is 1.18 bits per heavy atom. The van der Waals surface area contributed by atoms with Gasteiger partial charge in [0.05, 0.1) is 24.8 Å². The summed E-state index contributed by atoms with van der Waals surface area (Å²) in [6.07, 6.45) is 3.87. The zero-order valence-corrected chi connectivity index (χ0v) is 19.8. The van der Waals surface area contributed by atoms with Gasteiger partial charge < -0.3 is 19.6 Å². The van der Waals surface area contributed by atoms with Gasteiger partial charge in [-0.2, -0.15) is 5.26 Å². The number of aromatic nitrogens is 1. The van der Waals surface area contributed by atoms with E-state index in [9.17, 15) is 4.79 Å². The first kappa shape index (κ1) is 26.3. The Morgan fingerprint density at radius 2 is 1.91 bits per heavy atom. The van der Waals surface area contributed by atoms with Gasteiger partial charge >= 0.3 is 5.76 Å². The van der Waals surface area contributed by atoms with E-state index in [-0.39, 0.29) is 5.76 Å². The summed E-state index contributed by atoms with van der Waals surface area (Å²) in [4.78, 5) is 11.5. The predicted octanol–water partition coefficient (Wildman–Crippen LogP) is 3.89. The fourth-order valence-corrected chi connectivity index (χ4v) is 3.72. The standard InChI is InChI=1S/C17H14N2O2.C8H17NO.CH4O/c1-19-15-11-14(8-9-16(15)21-17(19)20)13-6-4-12(5-7-13)3-2-10-18;1-2-3-8-6-9-4-5-10-7-8;1-2/h4-9,11H,2-3H2,1H3;8-9H,2-7H2,1H3;2H,1H3. The van der Waals surface area contributed by atoms with Crippen LogP contribution in [0.4, 0.5) is 0 Å². The van der Waals surface area contributed by atoms with Gasteiger partial charge in [0, 0.05) is 33.7 Å². The van der Waals surface area contributed by atoms with Crippen molar-refractivity contribution < 1.29 is 14.3 Å². The van der Waals surface area contributed by atoms with E-state index < -0.39 is 0 Å². The van der Waals surface area contributed by atoms with Crippen molar-refractivity contribution in [2.24, 2.45) is 13.0 Å². The van der Waals surface area contributed by atoms with Crippen molar-refractivity contribution in [3.8, 4) is 17.2 Å². The lowest BCUT2D eigenvalue weighted by Gasteiger charge is -2.10. The Bertz CT molecular complexity index is 1060. The highest BCUT2D eigenvalue weighted by Crippen LogP contribution is 2.24. The summed E-state index contributed by atoms with van der Waals surface area (Å²) < 4.78 is 12.0. The maximum absolute atomic E-state index is 11.5. The second-order valence-corrected chi connectivity index (χ2v) is 7.90. The molecule has 2 N–H and O–H groups in total. The molecule has 3 aromatic rings. The highest BCUT2D eigenvalue weighted by atomic mass is 16.5. The molecule has 0 radical (unpaired) electrons. The normalized spacial score (nSPS) is 15.4. The molecule has 1 unspecified atom stereocenters. The van der Waals surface area contributed by atoms with Crippen molar-refractivity contribution in [3.05, 3.63) is 58.6 Å². The molecule has 0 spiro atoms. The number of hydrogen-bond acceptors (Lipinski definition) is 6. The van der Waals surface area contributed by atoms with E-state index >= 15 is 0 Å². The first-order valence-corrected chi connectivity index (χ1v) is 11.4. The summed E-state index contributed by atoms with van der Waals surface area (Å²) in [5.41, 5.74) is 4.64. The summed E-state index contributed by atoms with van der Waals surface area (Å²) in [7, 11) is 2.70. The number of oxazole rings is 1. The quantitative estimate of drug-likeness (QED) is 0.608. The van der Waals surface area contributed by atoms with Crippen LogP contribution in [-0.4, -0.2) is 43.1 Å². The smallest absolute Gasteiger partial charge is 0.408 e. The molecule has 7 heteroatoms. The fraction of sp³-hybridized carbons (Fsp3) is 0.462. The van der Waals surface area contributed by atoms with E-state index in [2.05, 4.69) is 18.3 Å². The second-order valence-electron chi connectivity index (χ2n) is 7.90. The van der Waals surface area contributed by atoms with Crippen molar-refractivity contribution in [1.82, 2.24) is 9.88 Å². The topological polar surface area (TPSA) is 100 Å². The number of hydrogen-bond donors (Lipinski definition) is 2. The van der Waals surface area contributed by atoms with Gasteiger partial charge in [0.1, 0.15) is 0 Å². The number of aliphatic hydroxyl groups excluding tert-OH is 1. The number of aryl methyl sites for hydroxylation is 2. The molecule has 1 aromatic heterocycles. The zero-order chi connectivity index (χ0) is 24.1. The van der Waals surface area contributed by atoms with Crippen LogP contribution in [0.25, 0.3) is 22.2 Å². The number of ether oxygens (including phenoxy) is 1. The predicted molar refractivity (Wildman–Crippen MR) is 131 cm³/mol. The number of nitriles is 1. The van der Waals surface area contributed by atoms with E-state index in [1.54, 1.807) is 7.05 Å². The SMILES string of the molecule is CCCC1CNCCOC1.CO.Cn1c(=O)oc2ccc(-c3ccc(CCC#N)cc3)cc21. The molecule has 1 saturated heterocycles. The average molecular weight is 454 g/mol. The summed E-state index contributed by atoms with van der Waals surface area (Å²) in [5, 5.41) is 19.0. The molecule has 0 aliphatic carbocycles. The molecule has 0 amide bonds. The molecule has 1 aliphatic rings. The number of rotatable bonds is 5. The lowest BCUT2D eigenvalue weighted by Crippen LogP contribution is -2.22. The van der Waals surface area contributed by atoms with Crippen LogP contribution in [0.1, 0.15) is 31.7 Å². The molecular weight excluding hydrogens is 418 g/mol. The van der Waals surface area contributed by atoms with E-state index in [0.717, 1.165) is 68.0 Å². The number of benzene rings is 2. The lowest BCUT2D eigenvalue weighted by molar-refractivity contribution is 0.120. The van der Waals surface area contributed by atoms with Gasteiger partial charge in [-0.05, 0) is 47.6 Å². The van der Waals surface area contributed by atoms with Crippen LogP contribution < -0.4 is 11.1 Å². The Morgan fingerprint density at radius 3 is 2.61 bits per heavy atom. The maximum atomic E-state index is 11.5. The van der Waals surface area contributed by atoms with Crippen LogP contribution in [0.15, 0.2) is 51.7 Å². The monoisotopic (exact) mass is 453 g/mol. The minimum atomic E-state index is -0.353. The first-order chi connectivity index (χ1) is 16.1. The van der Waals surface area contributed by atoms with Gasteiger partial charge in [0.2, 0.25) is 0 Å². The van der Waals surface area contributed by atoms with Crippen molar-refractivity contribution in [2.75, 3.05) is 33.4 Å². The molecule has 2 aromatic carbocycles. The van der Waals surface area contributed by atoms with E-state index in [1.165, 1.54) is 17.4 Å². The number of fused-ring (bicyclic) bond motifs is 1. The van der Waals surface area contributed by atoms with Gasteiger partial charge in [-0.1, -0.05) is 43.7 Å². The van der Waals surface area contributed by atoms with Gasteiger partial charge in [0.25, 0.3) is 0 Å². The lowest BCUT2D eigenvalue weighted by atomic mass is 10.0. The summed E-state index contributed by atoms with van der Waals surface area (Å²) in [5.74, 6) is 0.404. The molecule has 1 fully saturated rings. The molecule has 33 heavy (non-hydrogen) atoms. The third-order valence-electron chi connectivity index (χ3n) is 5.51. The van der Waals surface area contributed by atoms with E-state index in [1.807, 2.05) is 42.5 Å². The molecule has 1 atom stereocenters. The zero-order valence-electron chi connectivity index (χ0n) is 19.8. The molecule has 178 valence electrons. The Balaban J connectivity index is 0.000000270. The maximum Gasteiger partial charge on any atom is 0.419 e. The molecule has 0 saturated carbocycles. The van der Waals surface area contributed by atoms with Crippen LogP contribution >= 0.6 is 0 Å². The molecule has 2 heterocycles. The summed E-state index contributed by atoms with van der Waals surface area (Å²) >= 11 is 0. The van der Waals surface area contributed by atoms with Gasteiger partial charge in [-0.3, -0.25) is 4.57 Å². The minimum absolute atomic E-state index is 0.353. The highest BCUT2D eigenvalue weighted by Gasteiger charge is 2.10. The first-order valence-electron chi connectivity index (χ1n) is 11.4. The van der Waals surface area contributed by atoms with E-state index in [0.29, 0.717) is 12.0 Å². The second kappa shape index (κ2) is 14.3. The van der Waals surface area contributed by atoms with E-state index in [4.69, 9.17) is 19.5 Å². The summed E-state index contributed by atoms with van der Waals surface area (Å²) in [6.45, 7) is 6.25. The van der Waals surface area contributed by atoms with Crippen molar-refractivity contribution in [1.29, 1.82) is 5.26 Å². The van der Waals surface area contributed by atoms with Crippen LogP contribution in [0.3, 0.4) is 0 Å². The molecule has 0 bridgehead atoms. The number of aliphatic hydroxyl groups is 1. The van der Waals surface area contributed by atoms with Crippen LogP contribution in [-0.2, 0) is 18.2 Å². The molecular formula is C26H35N3O4. The Kier molecular flexibility index (Phi) is 11.4. The summed E-state index contributed by atoms with van der Waals surface area (Å²) in [6, 6.07) is 16.0.